The van der Waals surface area contributed by atoms with Crippen LogP contribution < -0.4 is 4.90 Å². The van der Waals surface area contributed by atoms with Crippen LogP contribution >= 0.6 is 11.6 Å². The zero-order valence-electron chi connectivity index (χ0n) is 13.7. The Bertz CT molecular complexity index is 609. The number of carbonyl (C=O) groups excluding carboxylic acids is 1. The summed E-state index contributed by atoms with van der Waals surface area (Å²) < 4.78 is 44.7. The van der Waals surface area contributed by atoms with Crippen LogP contribution in [0.25, 0.3) is 0 Å². The van der Waals surface area contributed by atoms with Crippen molar-refractivity contribution in [1.82, 2.24) is 9.88 Å². The topological polar surface area (TPSA) is 45.7 Å². The maximum absolute atomic E-state index is 13.1. The predicted molar refractivity (Wildman–Crippen MR) is 84.3 cm³/mol. The quantitative estimate of drug-likeness (QED) is 0.710. The van der Waals surface area contributed by atoms with Crippen molar-refractivity contribution in [3.05, 3.63) is 23.0 Å². The van der Waals surface area contributed by atoms with Crippen LogP contribution in [0.1, 0.15) is 26.5 Å². The number of amides is 1. The molecule has 1 amide bonds. The van der Waals surface area contributed by atoms with Crippen molar-refractivity contribution in [3.8, 4) is 0 Å². The van der Waals surface area contributed by atoms with E-state index in [1.54, 1.807) is 25.7 Å². The van der Waals surface area contributed by atoms with E-state index in [1.807, 2.05) is 0 Å². The van der Waals surface area contributed by atoms with Crippen molar-refractivity contribution in [2.45, 2.75) is 32.5 Å². The summed E-state index contributed by atoms with van der Waals surface area (Å²) in [6.45, 7) is 6.34. The van der Waals surface area contributed by atoms with Gasteiger partial charge >= 0.3 is 12.3 Å². The molecule has 2 rings (SSSR count). The number of piperazine rings is 1. The van der Waals surface area contributed by atoms with Gasteiger partial charge in [-0.25, -0.2) is 9.78 Å². The minimum atomic E-state index is -4.59. The number of alkyl halides is 3. The molecule has 1 saturated heterocycles. The fraction of sp³-hybridized carbons (Fsp3) is 0.600. The number of rotatable bonds is 1. The molecule has 0 radical (unpaired) electrons. The molecular formula is C15H19ClF3N3O2. The number of nitrogens with zero attached hydrogens (tertiary/aromatic N) is 3. The smallest absolute Gasteiger partial charge is 0.435 e. The average molecular weight is 366 g/mol. The van der Waals surface area contributed by atoms with Crippen molar-refractivity contribution in [2.75, 3.05) is 31.1 Å². The van der Waals surface area contributed by atoms with Gasteiger partial charge in [0.25, 0.3) is 0 Å². The summed E-state index contributed by atoms with van der Waals surface area (Å²) in [5.41, 5.74) is -1.66. The fourth-order valence-electron chi connectivity index (χ4n) is 2.35. The fourth-order valence-corrected chi connectivity index (χ4v) is 2.50. The lowest BCUT2D eigenvalue weighted by Crippen LogP contribution is -2.50. The van der Waals surface area contributed by atoms with Gasteiger partial charge in [0.15, 0.2) is 5.69 Å². The molecule has 134 valence electrons. The average Bonchev–Trinajstić information content (AvgIpc) is 2.44. The molecule has 0 aliphatic carbocycles. The monoisotopic (exact) mass is 365 g/mol. The Labute approximate surface area is 143 Å². The van der Waals surface area contributed by atoms with Gasteiger partial charge in [-0.1, -0.05) is 11.6 Å². The van der Waals surface area contributed by atoms with Crippen LogP contribution in [-0.2, 0) is 10.9 Å². The highest BCUT2D eigenvalue weighted by Crippen LogP contribution is 2.36. The summed E-state index contributed by atoms with van der Waals surface area (Å²) in [4.78, 5) is 18.5. The SMILES string of the molecule is CC(C)(C)OC(=O)N1CCN(c2ccc(Cl)nc2C(F)(F)F)CC1. The molecular weight excluding hydrogens is 347 g/mol. The van der Waals surface area contributed by atoms with Crippen LogP contribution in [0.5, 0.6) is 0 Å². The normalized spacial score (nSPS) is 16.3. The summed E-state index contributed by atoms with van der Waals surface area (Å²) >= 11 is 5.59. The highest BCUT2D eigenvalue weighted by atomic mass is 35.5. The van der Waals surface area contributed by atoms with Gasteiger partial charge in [-0.05, 0) is 32.9 Å². The molecule has 24 heavy (non-hydrogen) atoms. The highest BCUT2D eigenvalue weighted by molar-refractivity contribution is 6.29. The minimum Gasteiger partial charge on any atom is -0.444 e. The van der Waals surface area contributed by atoms with Crippen molar-refractivity contribution in [3.63, 3.8) is 0 Å². The van der Waals surface area contributed by atoms with Gasteiger partial charge < -0.3 is 14.5 Å². The van der Waals surface area contributed by atoms with E-state index in [0.29, 0.717) is 0 Å². The van der Waals surface area contributed by atoms with Gasteiger partial charge in [0.2, 0.25) is 0 Å². The Balaban J connectivity index is 2.09. The minimum absolute atomic E-state index is 0.0317. The summed E-state index contributed by atoms with van der Waals surface area (Å²) in [6, 6.07) is 2.63. The molecule has 5 nitrogen and oxygen atoms in total. The van der Waals surface area contributed by atoms with Crippen molar-refractivity contribution in [1.29, 1.82) is 0 Å². The third-order valence-electron chi connectivity index (χ3n) is 3.38. The highest BCUT2D eigenvalue weighted by Gasteiger charge is 2.38. The Morgan fingerprint density at radius 1 is 1.17 bits per heavy atom. The van der Waals surface area contributed by atoms with E-state index in [2.05, 4.69) is 4.98 Å². The molecule has 1 aliphatic heterocycles. The van der Waals surface area contributed by atoms with E-state index in [4.69, 9.17) is 16.3 Å². The van der Waals surface area contributed by atoms with Crippen LogP contribution in [0.2, 0.25) is 5.15 Å². The molecule has 9 heteroatoms. The van der Waals surface area contributed by atoms with E-state index in [-0.39, 0.29) is 37.0 Å². The second kappa shape index (κ2) is 6.66. The van der Waals surface area contributed by atoms with E-state index < -0.39 is 23.6 Å². The van der Waals surface area contributed by atoms with Gasteiger partial charge in [0.05, 0.1) is 5.69 Å². The maximum Gasteiger partial charge on any atom is 0.435 e. The molecule has 1 fully saturated rings. The van der Waals surface area contributed by atoms with Gasteiger partial charge in [-0.2, -0.15) is 13.2 Å². The summed E-state index contributed by atoms with van der Waals surface area (Å²) in [5.74, 6) is 0. The van der Waals surface area contributed by atoms with Crippen LogP contribution in [0.3, 0.4) is 0 Å². The number of aromatic nitrogens is 1. The Morgan fingerprint density at radius 3 is 2.25 bits per heavy atom. The summed E-state index contributed by atoms with van der Waals surface area (Å²) in [6.07, 6.45) is -5.06. The molecule has 0 bridgehead atoms. The molecule has 0 atom stereocenters. The lowest BCUT2D eigenvalue weighted by Gasteiger charge is -2.37. The van der Waals surface area contributed by atoms with E-state index in [1.165, 1.54) is 17.0 Å². The zero-order chi connectivity index (χ0) is 18.1. The van der Waals surface area contributed by atoms with Crippen molar-refractivity contribution in [2.24, 2.45) is 0 Å². The largest absolute Gasteiger partial charge is 0.444 e. The molecule has 0 aromatic carbocycles. The maximum atomic E-state index is 13.1. The lowest BCUT2D eigenvalue weighted by molar-refractivity contribution is -0.140. The van der Waals surface area contributed by atoms with Crippen molar-refractivity contribution >= 4 is 23.4 Å². The predicted octanol–water partition coefficient (Wildman–Crippen LogP) is 3.81. The first-order valence-electron chi connectivity index (χ1n) is 7.44. The zero-order valence-corrected chi connectivity index (χ0v) is 14.4. The molecule has 1 aromatic rings. The molecule has 1 aromatic heterocycles. The van der Waals surface area contributed by atoms with Crippen molar-refractivity contribution < 1.29 is 22.7 Å². The Kier molecular flexibility index (Phi) is 5.17. The van der Waals surface area contributed by atoms with Crippen LogP contribution in [0, 0.1) is 0 Å². The number of hydrogen-bond acceptors (Lipinski definition) is 4. The molecule has 1 aliphatic rings. The number of pyridine rings is 1. The van der Waals surface area contributed by atoms with E-state index in [9.17, 15) is 18.0 Å². The van der Waals surface area contributed by atoms with Crippen LogP contribution in [0.15, 0.2) is 12.1 Å². The number of hydrogen-bond donors (Lipinski definition) is 0. The summed E-state index contributed by atoms with van der Waals surface area (Å²) in [7, 11) is 0. The van der Waals surface area contributed by atoms with Gasteiger partial charge in [0.1, 0.15) is 10.8 Å². The molecule has 2 heterocycles. The first kappa shape index (κ1) is 18.6. The number of anilines is 1. The van der Waals surface area contributed by atoms with Gasteiger partial charge in [0, 0.05) is 26.2 Å². The third kappa shape index (κ3) is 4.66. The second-order valence-electron chi connectivity index (χ2n) is 6.45. The molecule has 0 spiro atoms. The van der Waals surface area contributed by atoms with Crippen LogP contribution in [-0.4, -0.2) is 47.8 Å². The van der Waals surface area contributed by atoms with Crippen LogP contribution in [0.4, 0.5) is 23.7 Å². The second-order valence-corrected chi connectivity index (χ2v) is 6.84. The van der Waals surface area contributed by atoms with Gasteiger partial charge in [-0.3, -0.25) is 0 Å². The standard InChI is InChI=1S/C15H19ClF3N3O2/c1-14(2,3)24-13(23)22-8-6-21(7-9-22)10-4-5-11(16)20-12(10)15(17,18)19/h4-5H,6-9H2,1-3H3. The molecule has 0 N–H and O–H groups in total. The first-order chi connectivity index (χ1) is 11.0. The van der Waals surface area contributed by atoms with E-state index >= 15 is 0 Å². The third-order valence-corrected chi connectivity index (χ3v) is 3.59. The Morgan fingerprint density at radius 2 is 1.75 bits per heavy atom. The molecule has 0 saturated carbocycles. The number of halogens is 4. The lowest BCUT2D eigenvalue weighted by atomic mass is 10.2. The number of ether oxygens (including phenoxy) is 1. The van der Waals surface area contributed by atoms with E-state index in [0.717, 1.165) is 0 Å². The van der Waals surface area contributed by atoms with Gasteiger partial charge in [-0.15, -0.1) is 0 Å². The Hall–Kier alpha value is -1.70. The first-order valence-corrected chi connectivity index (χ1v) is 7.82. The number of carbonyl (C=O) groups is 1. The molecule has 0 unspecified atom stereocenters. The summed E-state index contributed by atoms with van der Waals surface area (Å²) in [5, 5.41) is -0.210.